The van der Waals surface area contributed by atoms with Crippen LogP contribution in [-0.2, 0) is 29.2 Å². The van der Waals surface area contributed by atoms with Crippen molar-refractivity contribution in [2.75, 3.05) is 0 Å². The smallest absolute Gasteiger partial charge is 0.251 e. The Bertz CT molecular complexity index is 1990. The van der Waals surface area contributed by atoms with Gasteiger partial charge in [-0.2, -0.15) is 5.10 Å². The molecular weight excluding hydrogens is 563 g/mol. The summed E-state index contributed by atoms with van der Waals surface area (Å²) in [6.45, 7) is 0.270. The molecule has 0 unspecified atom stereocenters. The first-order valence-corrected chi connectivity index (χ1v) is 15.0. The Morgan fingerprint density at radius 3 is 2.61 bits per heavy atom. The summed E-state index contributed by atoms with van der Waals surface area (Å²) in [6, 6.07) is 15.9. The minimum absolute atomic E-state index is 0.0683. The molecule has 0 bridgehead atoms. The van der Waals surface area contributed by atoms with Gasteiger partial charge in [-0.15, -0.1) is 11.3 Å². The van der Waals surface area contributed by atoms with Crippen molar-refractivity contribution in [3.8, 4) is 21.0 Å². The van der Waals surface area contributed by atoms with Gasteiger partial charge in [0.15, 0.2) is 9.84 Å². The summed E-state index contributed by atoms with van der Waals surface area (Å²) in [5, 5.41) is 7.71. The molecule has 0 aliphatic heterocycles. The molecule has 1 amide bonds. The fraction of sp³-hybridized carbons (Fsp3) is 0.103. The van der Waals surface area contributed by atoms with Gasteiger partial charge in [-0.3, -0.25) is 9.48 Å². The maximum Gasteiger partial charge on any atom is 0.251 e. The van der Waals surface area contributed by atoms with Crippen LogP contribution in [0.4, 0.5) is 4.39 Å². The van der Waals surface area contributed by atoms with Crippen molar-refractivity contribution in [2.24, 2.45) is 7.05 Å². The molecule has 0 saturated heterocycles. The van der Waals surface area contributed by atoms with E-state index in [1.165, 1.54) is 35.6 Å². The molecular formula is C29H23FN6O3S2. The SMILES string of the molecule is Cn1ccc(CS(=O)(=O)c2ccc(C(=O)NCc3ccn4ccnc4c3)cc2-c2cnc(-c3ccc(F)cc3)s2)n1. The summed E-state index contributed by atoms with van der Waals surface area (Å²) < 4.78 is 44.0. The highest BCUT2D eigenvalue weighted by atomic mass is 32.2. The molecule has 0 aliphatic rings. The second-order valence-corrected chi connectivity index (χ2v) is 12.4. The lowest BCUT2D eigenvalue weighted by Crippen LogP contribution is -2.23. The largest absolute Gasteiger partial charge is 0.348 e. The maximum atomic E-state index is 13.6. The van der Waals surface area contributed by atoms with Crippen molar-refractivity contribution >= 4 is 32.7 Å². The second kappa shape index (κ2) is 10.7. The summed E-state index contributed by atoms with van der Waals surface area (Å²) in [4.78, 5) is 22.5. The van der Waals surface area contributed by atoms with Gasteiger partial charge < -0.3 is 9.72 Å². The highest BCUT2D eigenvalue weighted by Gasteiger charge is 2.24. The van der Waals surface area contributed by atoms with Gasteiger partial charge in [-0.25, -0.2) is 22.8 Å². The minimum atomic E-state index is -3.84. The van der Waals surface area contributed by atoms with Crippen LogP contribution in [0.2, 0.25) is 0 Å². The molecule has 0 fully saturated rings. The zero-order chi connectivity index (χ0) is 28.6. The van der Waals surface area contributed by atoms with Crippen molar-refractivity contribution in [1.82, 2.24) is 29.5 Å². The Morgan fingerprint density at radius 2 is 1.83 bits per heavy atom. The Kier molecular flexibility index (Phi) is 6.93. The predicted octanol–water partition coefficient (Wildman–Crippen LogP) is 4.90. The number of fused-ring (bicyclic) bond motifs is 1. The van der Waals surface area contributed by atoms with Crippen molar-refractivity contribution in [1.29, 1.82) is 0 Å². The summed E-state index contributed by atoms with van der Waals surface area (Å²) in [7, 11) is -2.12. The van der Waals surface area contributed by atoms with E-state index in [1.807, 2.05) is 28.9 Å². The first-order chi connectivity index (χ1) is 19.7. The molecule has 0 aliphatic carbocycles. The number of sulfone groups is 1. The van der Waals surface area contributed by atoms with Crippen LogP contribution in [-0.4, -0.2) is 38.5 Å². The highest BCUT2D eigenvalue weighted by Crippen LogP contribution is 2.37. The van der Waals surface area contributed by atoms with Crippen LogP contribution in [0.3, 0.4) is 0 Å². The van der Waals surface area contributed by atoms with Crippen LogP contribution in [0, 0.1) is 5.82 Å². The third-order valence-electron chi connectivity index (χ3n) is 6.46. The third kappa shape index (κ3) is 5.65. The number of imidazole rings is 1. The normalized spacial score (nSPS) is 11.7. The maximum absolute atomic E-state index is 13.6. The molecule has 6 aromatic rings. The molecule has 0 spiro atoms. The van der Waals surface area contributed by atoms with Gasteiger partial charge in [-0.1, -0.05) is 0 Å². The second-order valence-electron chi connectivity index (χ2n) is 9.40. The van der Waals surface area contributed by atoms with E-state index in [0.717, 1.165) is 11.2 Å². The van der Waals surface area contributed by atoms with Crippen LogP contribution < -0.4 is 5.32 Å². The van der Waals surface area contributed by atoms with Gasteiger partial charge in [-0.05, 0) is 66.2 Å². The standard InChI is InChI=1S/C29H23FN6O3S2/c1-35-11-9-23(34-35)18-41(38,39)26-7-4-21(28(37)32-16-19-8-12-36-13-10-31-27(36)14-19)15-24(26)25-17-33-29(40-25)20-2-5-22(30)6-3-20/h2-15,17H,16,18H2,1H3,(H,32,37). The topological polar surface area (TPSA) is 111 Å². The molecule has 6 rings (SSSR count). The number of nitrogens with one attached hydrogen (secondary N) is 1. The number of aryl methyl sites for hydroxylation is 1. The number of benzene rings is 2. The fourth-order valence-electron chi connectivity index (χ4n) is 4.42. The number of carbonyl (C=O) groups is 1. The number of rotatable bonds is 8. The first-order valence-electron chi connectivity index (χ1n) is 12.5. The van der Waals surface area contributed by atoms with E-state index in [9.17, 15) is 17.6 Å². The molecule has 206 valence electrons. The van der Waals surface area contributed by atoms with E-state index in [0.29, 0.717) is 32.3 Å². The van der Waals surface area contributed by atoms with Gasteiger partial charge >= 0.3 is 0 Å². The molecule has 4 heterocycles. The van der Waals surface area contributed by atoms with E-state index in [2.05, 4.69) is 20.4 Å². The Balaban J connectivity index is 1.34. The van der Waals surface area contributed by atoms with Gasteiger partial charge in [0, 0.05) is 61.3 Å². The number of halogens is 1. The molecule has 0 saturated carbocycles. The van der Waals surface area contributed by atoms with Crippen LogP contribution in [0.25, 0.3) is 26.7 Å². The zero-order valence-electron chi connectivity index (χ0n) is 21.7. The number of pyridine rings is 1. The van der Waals surface area contributed by atoms with Gasteiger partial charge in [0.1, 0.15) is 16.5 Å². The summed E-state index contributed by atoms with van der Waals surface area (Å²) >= 11 is 1.26. The highest BCUT2D eigenvalue weighted by molar-refractivity contribution is 7.90. The minimum Gasteiger partial charge on any atom is -0.348 e. The fourth-order valence-corrected chi connectivity index (χ4v) is 6.91. The van der Waals surface area contributed by atoms with Crippen LogP contribution >= 0.6 is 11.3 Å². The average molecular weight is 587 g/mol. The molecule has 0 radical (unpaired) electrons. The van der Waals surface area contributed by atoms with Crippen LogP contribution in [0.5, 0.6) is 0 Å². The number of nitrogens with zero attached hydrogens (tertiary/aromatic N) is 5. The van der Waals surface area contributed by atoms with E-state index in [1.54, 1.807) is 54.6 Å². The zero-order valence-corrected chi connectivity index (χ0v) is 23.4. The van der Waals surface area contributed by atoms with E-state index in [4.69, 9.17) is 0 Å². The Hall–Kier alpha value is -4.68. The molecule has 12 heteroatoms. The van der Waals surface area contributed by atoms with Crippen molar-refractivity contribution in [3.63, 3.8) is 0 Å². The van der Waals surface area contributed by atoms with Crippen molar-refractivity contribution in [2.45, 2.75) is 17.2 Å². The van der Waals surface area contributed by atoms with E-state index < -0.39 is 9.84 Å². The quantitative estimate of drug-likeness (QED) is 0.272. The van der Waals surface area contributed by atoms with Crippen molar-refractivity contribution in [3.05, 3.63) is 114 Å². The lowest BCUT2D eigenvalue weighted by atomic mass is 10.1. The molecule has 9 nitrogen and oxygen atoms in total. The summed E-state index contributed by atoms with van der Waals surface area (Å²) in [5.74, 6) is -1.02. The Morgan fingerprint density at radius 1 is 1.00 bits per heavy atom. The third-order valence-corrected chi connectivity index (χ3v) is 9.24. The Labute approximate surface area is 238 Å². The van der Waals surface area contributed by atoms with E-state index >= 15 is 0 Å². The lowest BCUT2D eigenvalue weighted by molar-refractivity contribution is 0.0951. The van der Waals surface area contributed by atoms with Crippen LogP contribution in [0.1, 0.15) is 21.6 Å². The lowest BCUT2D eigenvalue weighted by Gasteiger charge is -2.12. The first kappa shape index (κ1) is 26.5. The summed E-state index contributed by atoms with van der Waals surface area (Å²) in [6.07, 6.45) is 8.65. The van der Waals surface area contributed by atoms with E-state index in [-0.39, 0.29) is 28.9 Å². The molecule has 41 heavy (non-hydrogen) atoms. The number of thiazole rings is 1. The van der Waals surface area contributed by atoms with Crippen LogP contribution in [0.15, 0.2) is 96.5 Å². The molecule has 2 aromatic carbocycles. The number of aromatic nitrogens is 5. The van der Waals surface area contributed by atoms with Gasteiger partial charge in [0.25, 0.3) is 5.91 Å². The number of amides is 1. The number of hydrogen-bond donors (Lipinski definition) is 1. The average Bonchev–Trinajstić information content (AvgIpc) is 3.73. The van der Waals surface area contributed by atoms with Crippen molar-refractivity contribution < 1.29 is 17.6 Å². The molecule has 1 N–H and O–H groups in total. The molecule has 4 aromatic heterocycles. The number of carbonyl (C=O) groups excluding carboxylic acids is 1. The van der Waals surface area contributed by atoms with Gasteiger partial charge in [0.2, 0.25) is 0 Å². The monoisotopic (exact) mass is 586 g/mol. The molecule has 0 atom stereocenters. The predicted molar refractivity (Wildman–Crippen MR) is 153 cm³/mol. The number of hydrogen-bond acceptors (Lipinski definition) is 7. The summed E-state index contributed by atoms with van der Waals surface area (Å²) in [5.41, 5.74) is 3.41. The van der Waals surface area contributed by atoms with Gasteiger partial charge in [0.05, 0.1) is 21.2 Å².